The Balaban J connectivity index is 2.37. The molecule has 2 rings (SSSR count). The molecule has 0 unspecified atom stereocenters. The van der Waals surface area contributed by atoms with E-state index in [9.17, 15) is 4.79 Å². The molecule has 0 saturated heterocycles. The fraction of sp³-hybridized carbons (Fsp3) is 0.182. The van der Waals surface area contributed by atoms with Crippen LogP contribution >= 0.6 is 0 Å². The molecular weight excluding hydrogens is 208 g/mol. The summed E-state index contributed by atoms with van der Waals surface area (Å²) in [6.45, 7) is 2.07. The molecule has 0 aromatic carbocycles. The number of carbonyl (C=O) groups is 1. The van der Waals surface area contributed by atoms with Crippen LogP contribution in [0.2, 0.25) is 0 Å². The summed E-state index contributed by atoms with van der Waals surface area (Å²) in [5, 5.41) is 3.61. The zero-order chi connectivity index (χ0) is 11.4. The summed E-state index contributed by atoms with van der Waals surface area (Å²) in [4.78, 5) is 15.4. The van der Waals surface area contributed by atoms with Gasteiger partial charge in [-0.25, -0.2) is 4.79 Å². The molecule has 0 saturated carbocycles. The summed E-state index contributed by atoms with van der Waals surface area (Å²) in [6.07, 6.45) is 4.59. The van der Waals surface area contributed by atoms with Crippen molar-refractivity contribution in [2.24, 2.45) is 0 Å². The Hall–Kier alpha value is -2.17. The molecule has 0 fully saturated rings. The minimum atomic E-state index is -0.435. The monoisotopic (exact) mass is 218 g/mol. The lowest BCUT2D eigenvalue weighted by atomic mass is 10.1. The zero-order valence-electron chi connectivity index (χ0n) is 8.71. The predicted molar refractivity (Wildman–Crippen MR) is 55.7 cm³/mol. The molecule has 2 aromatic rings. The van der Waals surface area contributed by atoms with Crippen molar-refractivity contribution in [2.45, 2.75) is 6.92 Å². The van der Waals surface area contributed by atoms with E-state index in [4.69, 9.17) is 9.26 Å². The number of hydrogen-bond acceptors (Lipinski definition) is 5. The molecule has 0 spiro atoms. The van der Waals surface area contributed by atoms with Gasteiger partial charge in [-0.2, -0.15) is 0 Å². The average Bonchev–Trinajstić information content (AvgIpc) is 2.79. The fourth-order valence-corrected chi connectivity index (χ4v) is 1.31. The quantitative estimate of drug-likeness (QED) is 0.736. The van der Waals surface area contributed by atoms with Gasteiger partial charge in [-0.05, 0) is 19.1 Å². The first kappa shape index (κ1) is 10.4. The zero-order valence-corrected chi connectivity index (χ0v) is 8.71. The number of ether oxygens (including phenoxy) is 1. The summed E-state index contributed by atoms with van der Waals surface area (Å²) in [5.74, 6) is -0.0311. The highest BCUT2D eigenvalue weighted by atomic mass is 16.5. The molecule has 2 aromatic heterocycles. The van der Waals surface area contributed by atoms with Gasteiger partial charge in [-0.3, -0.25) is 4.98 Å². The Morgan fingerprint density at radius 2 is 2.19 bits per heavy atom. The molecular formula is C11H10N2O3. The van der Waals surface area contributed by atoms with Crippen molar-refractivity contribution < 1.29 is 14.1 Å². The maximum Gasteiger partial charge on any atom is 0.343 e. The summed E-state index contributed by atoms with van der Waals surface area (Å²) in [7, 11) is 0. The molecule has 0 amide bonds. The third kappa shape index (κ3) is 1.93. The van der Waals surface area contributed by atoms with Crippen LogP contribution in [0.25, 0.3) is 11.3 Å². The first-order valence-corrected chi connectivity index (χ1v) is 4.85. The molecule has 2 heterocycles. The van der Waals surface area contributed by atoms with Crippen LogP contribution in [-0.2, 0) is 4.74 Å². The van der Waals surface area contributed by atoms with Gasteiger partial charge in [0, 0.05) is 18.0 Å². The van der Waals surface area contributed by atoms with E-state index in [2.05, 4.69) is 10.1 Å². The van der Waals surface area contributed by atoms with Crippen molar-refractivity contribution in [1.29, 1.82) is 0 Å². The van der Waals surface area contributed by atoms with E-state index in [1.807, 2.05) is 0 Å². The van der Waals surface area contributed by atoms with E-state index in [1.165, 1.54) is 6.20 Å². The van der Waals surface area contributed by atoms with Crippen molar-refractivity contribution in [1.82, 2.24) is 10.1 Å². The summed E-state index contributed by atoms with van der Waals surface area (Å²) in [6, 6.07) is 3.48. The van der Waals surface area contributed by atoms with Crippen molar-refractivity contribution in [3.8, 4) is 11.3 Å². The summed E-state index contributed by atoms with van der Waals surface area (Å²) < 4.78 is 9.93. The molecule has 0 aliphatic rings. The Morgan fingerprint density at radius 3 is 2.88 bits per heavy atom. The van der Waals surface area contributed by atoms with Crippen LogP contribution in [0.1, 0.15) is 17.3 Å². The van der Waals surface area contributed by atoms with E-state index in [1.54, 1.807) is 31.5 Å². The van der Waals surface area contributed by atoms with Crippen LogP contribution < -0.4 is 0 Å². The van der Waals surface area contributed by atoms with Gasteiger partial charge in [0.25, 0.3) is 0 Å². The van der Waals surface area contributed by atoms with Crippen LogP contribution in [0, 0.1) is 0 Å². The Labute approximate surface area is 92.0 Å². The molecule has 0 radical (unpaired) electrons. The average molecular weight is 218 g/mol. The lowest BCUT2D eigenvalue weighted by Gasteiger charge is -2.00. The number of rotatable bonds is 3. The Kier molecular flexibility index (Phi) is 2.95. The largest absolute Gasteiger partial charge is 0.462 e. The van der Waals surface area contributed by atoms with Crippen LogP contribution in [0.15, 0.2) is 35.2 Å². The normalized spacial score (nSPS) is 10.1. The topological polar surface area (TPSA) is 65.2 Å². The molecule has 0 N–H and O–H groups in total. The number of esters is 1. The van der Waals surface area contributed by atoms with Crippen LogP contribution in [-0.4, -0.2) is 22.7 Å². The second-order valence-corrected chi connectivity index (χ2v) is 3.02. The number of hydrogen-bond donors (Lipinski definition) is 0. The van der Waals surface area contributed by atoms with E-state index >= 15 is 0 Å². The maximum absolute atomic E-state index is 11.6. The van der Waals surface area contributed by atoms with E-state index < -0.39 is 5.97 Å². The van der Waals surface area contributed by atoms with Gasteiger partial charge in [0.2, 0.25) is 0 Å². The van der Waals surface area contributed by atoms with Crippen molar-refractivity contribution >= 4 is 5.97 Å². The van der Waals surface area contributed by atoms with Crippen molar-refractivity contribution in [3.63, 3.8) is 0 Å². The SMILES string of the molecule is CCOC(=O)c1cnoc1-c1ccncc1. The molecule has 82 valence electrons. The summed E-state index contributed by atoms with van der Waals surface area (Å²) >= 11 is 0. The lowest BCUT2D eigenvalue weighted by Crippen LogP contribution is -2.04. The van der Waals surface area contributed by atoms with Crippen LogP contribution in [0.4, 0.5) is 0 Å². The van der Waals surface area contributed by atoms with Gasteiger partial charge in [0.05, 0.1) is 12.8 Å². The Morgan fingerprint density at radius 1 is 1.44 bits per heavy atom. The number of pyridine rings is 1. The van der Waals surface area contributed by atoms with Crippen LogP contribution in [0.3, 0.4) is 0 Å². The lowest BCUT2D eigenvalue weighted by molar-refractivity contribution is 0.0527. The highest BCUT2D eigenvalue weighted by Crippen LogP contribution is 2.23. The van der Waals surface area contributed by atoms with E-state index in [0.717, 1.165) is 5.56 Å². The summed E-state index contributed by atoms with van der Waals surface area (Å²) in [5.41, 5.74) is 1.07. The van der Waals surface area contributed by atoms with Gasteiger partial charge in [0.15, 0.2) is 5.76 Å². The Bertz CT molecular complexity index is 479. The fourth-order valence-electron chi connectivity index (χ4n) is 1.31. The highest BCUT2D eigenvalue weighted by Gasteiger charge is 2.18. The molecule has 5 nitrogen and oxygen atoms in total. The minimum absolute atomic E-state index is 0.319. The first-order chi connectivity index (χ1) is 7.83. The molecule has 0 aliphatic carbocycles. The highest BCUT2D eigenvalue weighted by molar-refractivity contribution is 5.95. The van der Waals surface area contributed by atoms with Gasteiger partial charge >= 0.3 is 5.97 Å². The number of carbonyl (C=O) groups excluding carboxylic acids is 1. The van der Waals surface area contributed by atoms with Gasteiger partial charge < -0.3 is 9.26 Å². The smallest absolute Gasteiger partial charge is 0.343 e. The number of nitrogens with zero attached hydrogens (tertiary/aromatic N) is 2. The molecule has 0 aliphatic heterocycles. The van der Waals surface area contributed by atoms with Gasteiger partial charge in [0.1, 0.15) is 5.56 Å². The minimum Gasteiger partial charge on any atom is -0.462 e. The third-order valence-electron chi connectivity index (χ3n) is 2.01. The first-order valence-electron chi connectivity index (χ1n) is 4.85. The van der Waals surface area contributed by atoms with Crippen molar-refractivity contribution in [2.75, 3.05) is 6.61 Å². The van der Waals surface area contributed by atoms with E-state index in [-0.39, 0.29) is 0 Å². The second kappa shape index (κ2) is 4.57. The molecule has 16 heavy (non-hydrogen) atoms. The standard InChI is InChI=1S/C11H10N2O3/c1-2-15-11(14)9-7-13-16-10(9)8-3-5-12-6-4-8/h3-7H,2H2,1H3. The predicted octanol–water partition coefficient (Wildman–Crippen LogP) is 1.91. The maximum atomic E-state index is 11.6. The van der Waals surface area contributed by atoms with Gasteiger partial charge in [-0.1, -0.05) is 5.16 Å². The van der Waals surface area contributed by atoms with E-state index in [0.29, 0.717) is 17.9 Å². The number of aromatic nitrogens is 2. The van der Waals surface area contributed by atoms with Crippen molar-refractivity contribution in [3.05, 3.63) is 36.3 Å². The second-order valence-electron chi connectivity index (χ2n) is 3.02. The molecule has 0 atom stereocenters. The van der Waals surface area contributed by atoms with Gasteiger partial charge in [-0.15, -0.1) is 0 Å². The molecule has 0 bridgehead atoms. The van der Waals surface area contributed by atoms with Crippen LogP contribution in [0.5, 0.6) is 0 Å². The molecule has 5 heteroatoms. The third-order valence-corrected chi connectivity index (χ3v) is 2.01.